The summed E-state index contributed by atoms with van der Waals surface area (Å²) in [5.41, 5.74) is 3.68. The molecule has 0 aliphatic rings. The molecule has 7 nitrogen and oxygen atoms in total. The summed E-state index contributed by atoms with van der Waals surface area (Å²) in [5, 5.41) is 7.70. The van der Waals surface area contributed by atoms with E-state index in [1.165, 1.54) is 0 Å². The number of nitrogens with one attached hydrogen (secondary N) is 1. The maximum absolute atomic E-state index is 13.0. The molecule has 0 radical (unpaired) electrons. The number of unbranched alkanes of at least 4 members (excludes halogenated alkanes) is 1. The van der Waals surface area contributed by atoms with E-state index in [0.29, 0.717) is 25.4 Å². The largest absolute Gasteiger partial charge is 0.383 e. The van der Waals surface area contributed by atoms with Crippen LogP contribution in [-0.2, 0) is 14.3 Å². The van der Waals surface area contributed by atoms with E-state index in [9.17, 15) is 9.59 Å². The minimum absolute atomic E-state index is 0.0361. The molecule has 0 atom stereocenters. The van der Waals surface area contributed by atoms with Gasteiger partial charge in [-0.15, -0.1) is 0 Å². The van der Waals surface area contributed by atoms with Crippen molar-refractivity contribution in [2.75, 3.05) is 32.1 Å². The third-order valence-corrected chi connectivity index (χ3v) is 5.32. The second-order valence-corrected chi connectivity index (χ2v) is 7.99. The molecule has 2 aromatic carbocycles. The van der Waals surface area contributed by atoms with Gasteiger partial charge in [0.25, 0.3) is 0 Å². The Hall–Kier alpha value is -3.45. The minimum Gasteiger partial charge on any atom is -0.383 e. The third kappa shape index (κ3) is 6.76. The molecule has 3 aromatic rings. The van der Waals surface area contributed by atoms with Crippen molar-refractivity contribution in [2.24, 2.45) is 0 Å². The lowest BCUT2D eigenvalue weighted by molar-refractivity contribution is -0.135. The van der Waals surface area contributed by atoms with Gasteiger partial charge < -0.3 is 15.0 Å². The highest BCUT2D eigenvalue weighted by molar-refractivity contribution is 5.94. The SMILES string of the molecule is CCCCC(=O)N(CCOC)CC(=O)Nc1cc(-c2ccccc2)nn1-c1ccc(C)cc1. The molecule has 2 amide bonds. The van der Waals surface area contributed by atoms with E-state index in [2.05, 4.69) is 5.32 Å². The van der Waals surface area contributed by atoms with Crippen LogP contribution in [0, 0.1) is 6.92 Å². The monoisotopic (exact) mass is 448 g/mol. The Morgan fingerprint density at radius 2 is 1.82 bits per heavy atom. The number of methoxy groups -OCH3 is 1. The fourth-order valence-electron chi connectivity index (χ4n) is 3.44. The lowest BCUT2D eigenvalue weighted by Gasteiger charge is -2.22. The van der Waals surface area contributed by atoms with E-state index in [0.717, 1.165) is 35.3 Å². The Balaban J connectivity index is 1.84. The van der Waals surface area contributed by atoms with Gasteiger partial charge >= 0.3 is 0 Å². The molecule has 0 spiro atoms. The maximum Gasteiger partial charge on any atom is 0.245 e. The van der Waals surface area contributed by atoms with Gasteiger partial charge in [-0.2, -0.15) is 5.10 Å². The predicted octanol–water partition coefficient (Wildman–Crippen LogP) is 4.45. The third-order valence-electron chi connectivity index (χ3n) is 5.32. The quantitative estimate of drug-likeness (QED) is 0.470. The van der Waals surface area contributed by atoms with E-state index in [1.807, 2.05) is 74.5 Å². The molecular weight excluding hydrogens is 416 g/mol. The molecular formula is C26H32N4O3. The first-order chi connectivity index (χ1) is 16.0. The van der Waals surface area contributed by atoms with Crippen LogP contribution in [-0.4, -0.2) is 53.3 Å². The predicted molar refractivity (Wildman–Crippen MR) is 130 cm³/mol. The highest BCUT2D eigenvalue weighted by atomic mass is 16.5. The number of rotatable bonds is 11. The van der Waals surface area contributed by atoms with Crippen LogP contribution in [0.25, 0.3) is 16.9 Å². The average molecular weight is 449 g/mol. The summed E-state index contributed by atoms with van der Waals surface area (Å²) < 4.78 is 6.85. The number of benzene rings is 2. The molecule has 1 N–H and O–H groups in total. The smallest absolute Gasteiger partial charge is 0.245 e. The fraction of sp³-hybridized carbons (Fsp3) is 0.346. The van der Waals surface area contributed by atoms with Crippen LogP contribution in [0.2, 0.25) is 0 Å². The fourth-order valence-corrected chi connectivity index (χ4v) is 3.44. The van der Waals surface area contributed by atoms with Gasteiger partial charge in [-0.25, -0.2) is 4.68 Å². The van der Waals surface area contributed by atoms with Crippen LogP contribution in [0.4, 0.5) is 5.82 Å². The van der Waals surface area contributed by atoms with Crippen LogP contribution >= 0.6 is 0 Å². The topological polar surface area (TPSA) is 76.5 Å². The van der Waals surface area contributed by atoms with Gasteiger partial charge in [-0.1, -0.05) is 61.4 Å². The number of anilines is 1. The maximum atomic E-state index is 13.0. The molecule has 7 heteroatoms. The van der Waals surface area contributed by atoms with E-state index < -0.39 is 0 Å². The number of aromatic nitrogens is 2. The number of carbonyl (C=O) groups excluding carboxylic acids is 2. The van der Waals surface area contributed by atoms with Crippen molar-refractivity contribution in [3.63, 3.8) is 0 Å². The van der Waals surface area contributed by atoms with Crippen molar-refractivity contribution in [1.29, 1.82) is 0 Å². The Morgan fingerprint density at radius 1 is 1.09 bits per heavy atom. The number of carbonyl (C=O) groups is 2. The zero-order valence-corrected chi connectivity index (χ0v) is 19.6. The van der Waals surface area contributed by atoms with Gasteiger partial charge in [0.05, 0.1) is 24.5 Å². The first-order valence-electron chi connectivity index (χ1n) is 11.3. The highest BCUT2D eigenvalue weighted by Crippen LogP contribution is 2.25. The number of aryl methyl sites for hydroxylation is 1. The first-order valence-corrected chi connectivity index (χ1v) is 11.3. The molecule has 1 heterocycles. The summed E-state index contributed by atoms with van der Waals surface area (Å²) in [6, 6.07) is 19.6. The molecule has 3 rings (SSSR count). The lowest BCUT2D eigenvalue weighted by atomic mass is 10.1. The molecule has 0 aliphatic heterocycles. The van der Waals surface area contributed by atoms with Crippen LogP contribution in [0.5, 0.6) is 0 Å². The highest BCUT2D eigenvalue weighted by Gasteiger charge is 2.19. The second kappa shape index (κ2) is 12.0. The van der Waals surface area contributed by atoms with Crippen LogP contribution in [0.15, 0.2) is 60.7 Å². The summed E-state index contributed by atoms with van der Waals surface area (Å²) in [7, 11) is 1.58. The van der Waals surface area contributed by atoms with Crippen molar-refractivity contribution in [1.82, 2.24) is 14.7 Å². The average Bonchev–Trinajstić information content (AvgIpc) is 3.24. The van der Waals surface area contributed by atoms with Crippen LogP contribution in [0.3, 0.4) is 0 Å². The second-order valence-electron chi connectivity index (χ2n) is 7.99. The molecule has 0 unspecified atom stereocenters. The molecule has 0 saturated heterocycles. The number of ether oxygens (including phenoxy) is 1. The summed E-state index contributed by atoms with van der Waals surface area (Å²) in [5.74, 6) is 0.236. The lowest BCUT2D eigenvalue weighted by Crippen LogP contribution is -2.40. The van der Waals surface area contributed by atoms with Crippen LogP contribution in [0.1, 0.15) is 31.7 Å². The van der Waals surface area contributed by atoms with Crippen molar-refractivity contribution in [2.45, 2.75) is 33.1 Å². The van der Waals surface area contributed by atoms with E-state index in [4.69, 9.17) is 9.84 Å². The van der Waals surface area contributed by atoms with Crippen molar-refractivity contribution in [3.05, 3.63) is 66.2 Å². The van der Waals surface area contributed by atoms with Crippen LogP contribution < -0.4 is 5.32 Å². The Labute approximate surface area is 195 Å². The molecule has 0 bridgehead atoms. The summed E-state index contributed by atoms with van der Waals surface area (Å²) in [6.07, 6.45) is 2.14. The number of hydrogen-bond donors (Lipinski definition) is 1. The zero-order valence-electron chi connectivity index (χ0n) is 19.6. The van der Waals surface area contributed by atoms with Crippen molar-refractivity contribution >= 4 is 17.6 Å². The minimum atomic E-state index is -0.274. The molecule has 33 heavy (non-hydrogen) atoms. The number of nitrogens with zero attached hydrogens (tertiary/aromatic N) is 3. The van der Waals surface area contributed by atoms with E-state index in [1.54, 1.807) is 16.7 Å². The Bertz CT molecular complexity index is 1050. The van der Waals surface area contributed by atoms with Gasteiger partial charge in [0.2, 0.25) is 11.8 Å². The van der Waals surface area contributed by atoms with E-state index >= 15 is 0 Å². The normalized spacial score (nSPS) is 10.8. The van der Waals surface area contributed by atoms with Gasteiger partial charge in [-0.05, 0) is 25.5 Å². The summed E-state index contributed by atoms with van der Waals surface area (Å²) in [4.78, 5) is 27.1. The molecule has 0 saturated carbocycles. The number of hydrogen-bond acceptors (Lipinski definition) is 4. The Morgan fingerprint density at radius 3 is 2.48 bits per heavy atom. The molecule has 174 valence electrons. The summed E-state index contributed by atoms with van der Waals surface area (Å²) >= 11 is 0. The van der Waals surface area contributed by atoms with Gasteiger partial charge in [0.15, 0.2) is 0 Å². The van der Waals surface area contributed by atoms with Gasteiger partial charge in [0.1, 0.15) is 5.82 Å². The molecule has 0 fully saturated rings. The van der Waals surface area contributed by atoms with Gasteiger partial charge in [-0.3, -0.25) is 9.59 Å². The van der Waals surface area contributed by atoms with Gasteiger partial charge in [0, 0.05) is 31.7 Å². The Kier molecular flexibility index (Phi) is 8.78. The van der Waals surface area contributed by atoms with Crippen molar-refractivity contribution in [3.8, 4) is 16.9 Å². The first kappa shape index (κ1) is 24.2. The molecule has 1 aromatic heterocycles. The molecule has 0 aliphatic carbocycles. The van der Waals surface area contributed by atoms with E-state index in [-0.39, 0.29) is 18.4 Å². The zero-order chi connectivity index (χ0) is 23.6. The number of amides is 2. The standard InChI is InChI=1S/C26H32N4O3/c1-4-5-11-26(32)29(16-17-33-3)19-25(31)27-24-18-23(21-9-7-6-8-10-21)28-30(24)22-14-12-20(2)13-15-22/h6-10,12-15,18H,4-5,11,16-17,19H2,1-3H3,(H,27,31). The summed E-state index contributed by atoms with van der Waals surface area (Å²) in [6.45, 7) is 4.78. The van der Waals surface area contributed by atoms with Crippen molar-refractivity contribution < 1.29 is 14.3 Å².